The Morgan fingerprint density at radius 3 is 2.50 bits per heavy atom. The van der Waals surface area contributed by atoms with Crippen molar-refractivity contribution in [1.82, 2.24) is 0 Å². The van der Waals surface area contributed by atoms with E-state index in [1.807, 2.05) is 0 Å². The maximum Gasteiger partial charge on any atom is 0.337 e. The summed E-state index contributed by atoms with van der Waals surface area (Å²) in [4.78, 5) is 21.7. The summed E-state index contributed by atoms with van der Waals surface area (Å²) in [5.41, 5.74) is 1.01. The number of nitro groups is 1. The predicted molar refractivity (Wildman–Crippen MR) is 80.2 cm³/mol. The number of methoxy groups -OCH3 is 1. The summed E-state index contributed by atoms with van der Waals surface area (Å²) >= 11 is 5.82. The Morgan fingerprint density at radius 1 is 1.23 bits per heavy atom. The van der Waals surface area contributed by atoms with Crippen molar-refractivity contribution in [3.63, 3.8) is 0 Å². The van der Waals surface area contributed by atoms with Gasteiger partial charge in [-0.3, -0.25) is 10.1 Å². The van der Waals surface area contributed by atoms with E-state index in [2.05, 4.69) is 4.74 Å². The number of rotatable bonds is 5. The van der Waals surface area contributed by atoms with Crippen LogP contribution in [0.4, 0.5) is 5.69 Å². The van der Waals surface area contributed by atoms with Gasteiger partial charge in [-0.25, -0.2) is 4.79 Å². The van der Waals surface area contributed by atoms with Crippen LogP contribution in [0.3, 0.4) is 0 Å². The Labute approximate surface area is 131 Å². The van der Waals surface area contributed by atoms with E-state index in [1.165, 1.54) is 25.3 Å². The number of ether oxygens (including phenoxy) is 2. The maximum atomic E-state index is 11.3. The Balaban J connectivity index is 2.11. The minimum absolute atomic E-state index is 0.0922. The molecule has 0 fully saturated rings. The molecule has 2 rings (SSSR count). The van der Waals surface area contributed by atoms with Crippen LogP contribution < -0.4 is 4.74 Å². The molecule has 6 nitrogen and oxygen atoms in total. The highest BCUT2D eigenvalue weighted by atomic mass is 35.5. The number of hydrogen-bond acceptors (Lipinski definition) is 5. The van der Waals surface area contributed by atoms with Crippen molar-refractivity contribution in [3.8, 4) is 5.75 Å². The summed E-state index contributed by atoms with van der Waals surface area (Å²) in [6.07, 6.45) is 0. The molecule has 0 N–H and O–H groups in total. The first-order valence-electron chi connectivity index (χ1n) is 6.25. The quantitative estimate of drug-likeness (QED) is 0.477. The van der Waals surface area contributed by atoms with Gasteiger partial charge in [0.05, 0.1) is 17.6 Å². The summed E-state index contributed by atoms with van der Waals surface area (Å²) in [7, 11) is 1.30. The molecule has 22 heavy (non-hydrogen) atoms. The fourth-order valence-electron chi connectivity index (χ4n) is 1.77. The number of hydrogen-bond donors (Lipinski definition) is 0. The van der Waals surface area contributed by atoms with E-state index < -0.39 is 10.9 Å². The van der Waals surface area contributed by atoms with Crippen molar-refractivity contribution < 1.29 is 19.2 Å². The third kappa shape index (κ3) is 3.73. The molecule has 0 saturated carbocycles. The monoisotopic (exact) mass is 321 g/mol. The van der Waals surface area contributed by atoms with Gasteiger partial charge in [0.15, 0.2) is 5.75 Å². The van der Waals surface area contributed by atoms with Gasteiger partial charge in [-0.2, -0.15) is 0 Å². The van der Waals surface area contributed by atoms with Gasteiger partial charge in [-0.05, 0) is 23.8 Å². The predicted octanol–water partition coefficient (Wildman–Crippen LogP) is 3.61. The van der Waals surface area contributed by atoms with Gasteiger partial charge in [-0.15, -0.1) is 0 Å². The summed E-state index contributed by atoms with van der Waals surface area (Å²) in [6.45, 7) is 0.114. The van der Waals surface area contributed by atoms with Gasteiger partial charge >= 0.3 is 11.7 Å². The molecule has 0 aliphatic rings. The molecule has 114 valence electrons. The molecule has 0 amide bonds. The van der Waals surface area contributed by atoms with Crippen molar-refractivity contribution >= 4 is 23.3 Å². The van der Waals surface area contributed by atoms with Crippen molar-refractivity contribution in [2.75, 3.05) is 7.11 Å². The number of halogens is 1. The maximum absolute atomic E-state index is 11.3. The summed E-state index contributed by atoms with van der Waals surface area (Å²) in [6, 6.07) is 10.7. The van der Waals surface area contributed by atoms with Gasteiger partial charge in [0.1, 0.15) is 6.61 Å². The molecule has 7 heteroatoms. The van der Waals surface area contributed by atoms with Gasteiger partial charge in [0.25, 0.3) is 0 Å². The molecular weight excluding hydrogens is 310 g/mol. The molecule has 2 aromatic rings. The van der Waals surface area contributed by atoms with Crippen LogP contribution in [0.1, 0.15) is 15.9 Å². The molecule has 0 saturated heterocycles. The third-order valence-corrected chi connectivity index (χ3v) is 3.12. The molecule has 0 spiro atoms. The van der Waals surface area contributed by atoms with E-state index in [0.29, 0.717) is 10.6 Å². The van der Waals surface area contributed by atoms with Crippen LogP contribution in [0.25, 0.3) is 0 Å². The highest BCUT2D eigenvalue weighted by Crippen LogP contribution is 2.30. The Hall–Kier alpha value is -2.60. The fraction of sp³-hybridized carbons (Fsp3) is 0.133. The molecule has 0 atom stereocenters. The molecule has 0 aliphatic heterocycles. The van der Waals surface area contributed by atoms with Crippen LogP contribution in [0.5, 0.6) is 5.75 Å². The van der Waals surface area contributed by atoms with Crippen LogP contribution in [-0.4, -0.2) is 18.0 Å². The second kappa shape index (κ2) is 6.91. The number of esters is 1. The molecule has 0 radical (unpaired) electrons. The molecule has 0 heterocycles. The molecular formula is C15H12ClNO5. The first kappa shape index (κ1) is 15.8. The second-order valence-corrected chi connectivity index (χ2v) is 4.78. The Morgan fingerprint density at radius 2 is 1.91 bits per heavy atom. The fourth-order valence-corrected chi connectivity index (χ4v) is 1.93. The second-order valence-electron chi connectivity index (χ2n) is 4.35. The number of benzene rings is 2. The van der Waals surface area contributed by atoms with Crippen LogP contribution in [0.2, 0.25) is 5.02 Å². The van der Waals surface area contributed by atoms with Crippen LogP contribution in [-0.2, 0) is 11.3 Å². The lowest BCUT2D eigenvalue weighted by Crippen LogP contribution is -2.02. The summed E-state index contributed by atoms with van der Waals surface area (Å²) < 4.78 is 10.1. The third-order valence-electron chi connectivity index (χ3n) is 2.89. The first-order chi connectivity index (χ1) is 10.5. The molecule has 0 bridgehead atoms. The average molecular weight is 322 g/mol. The lowest BCUT2D eigenvalue weighted by atomic mass is 10.1. The van der Waals surface area contributed by atoms with Crippen molar-refractivity contribution in [2.45, 2.75) is 6.61 Å². The minimum atomic E-state index is -0.536. The van der Waals surface area contributed by atoms with Crippen molar-refractivity contribution in [3.05, 3.63) is 68.7 Å². The Bertz CT molecular complexity index is 700. The van der Waals surface area contributed by atoms with E-state index in [9.17, 15) is 14.9 Å². The Kier molecular flexibility index (Phi) is 4.95. The van der Waals surface area contributed by atoms with Gasteiger partial charge in [-0.1, -0.05) is 23.7 Å². The smallest absolute Gasteiger partial charge is 0.337 e. The summed E-state index contributed by atoms with van der Waals surface area (Å²) in [5, 5.41) is 11.3. The molecule has 0 unspecified atom stereocenters. The highest BCUT2D eigenvalue weighted by Gasteiger charge is 2.15. The van der Waals surface area contributed by atoms with Crippen molar-refractivity contribution in [1.29, 1.82) is 0 Å². The topological polar surface area (TPSA) is 78.7 Å². The molecule has 0 aliphatic carbocycles. The van der Waals surface area contributed by atoms with Crippen molar-refractivity contribution in [2.24, 2.45) is 0 Å². The normalized spacial score (nSPS) is 10.1. The zero-order valence-corrected chi connectivity index (χ0v) is 12.4. The van der Waals surface area contributed by atoms with E-state index >= 15 is 0 Å². The zero-order chi connectivity index (χ0) is 16.1. The van der Waals surface area contributed by atoms with Crippen LogP contribution >= 0.6 is 11.6 Å². The average Bonchev–Trinajstić information content (AvgIpc) is 2.52. The lowest BCUT2D eigenvalue weighted by Gasteiger charge is -2.08. The van der Waals surface area contributed by atoms with E-state index in [-0.39, 0.29) is 18.0 Å². The largest absolute Gasteiger partial charge is 0.482 e. The van der Waals surface area contributed by atoms with Gasteiger partial charge in [0, 0.05) is 17.2 Å². The minimum Gasteiger partial charge on any atom is -0.482 e. The number of carbonyl (C=O) groups excluding carboxylic acids is 1. The standard InChI is InChI=1S/C15H12ClNO5/c1-21-15(18)11-4-2-10(3-5-11)9-22-14-8-12(16)6-7-13(14)17(19)20/h2-8H,9H2,1H3. The van der Waals surface area contributed by atoms with Gasteiger partial charge < -0.3 is 9.47 Å². The van der Waals surface area contributed by atoms with Crippen LogP contribution in [0.15, 0.2) is 42.5 Å². The number of nitro benzene ring substituents is 1. The molecule has 2 aromatic carbocycles. The van der Waals surface area contributed by atoms with Gasteiger partial charge in [0.2, 0.25) is 0 Å². The van der Waals surface area contributed by atoms with E-state index in [0.717, 1.165) is 5.56 Å². The van der Waals surface area contributed by atoms with E-state index in [1.54, 1.807) is 24.3 Å². The molecule has 0 aromatic heterocycles. The summed E-state index contributed by atoms with van der Waals surface area (Å²) in [5.74, 6) is -0.340. The lowest BCUT2D eigenvalue weighted by molar-refractivity contribution is -0.385. The van der Waals surface area contributed by atoms with E-state index in [4.69, 9.17) is 16.3 Å². The number of nitrogens with zero attached hydrogens (tertiary/aromatic N) is 1. The highest BCUT2D eigenvalue weighted by molar-refractivity contribution is 6.30. The zero-order valence-electron chi connectivity index (χ0n) is 11.6. The SMILES string of the molecule is COC(=O)c1ccc(COc2cc(Cl)ccc2[N+](=O)[O-])cc1. The first-order valence-corrected chi connectivity index (χ1v) is 6.63. The van der Waals surface area contributed by atoms with Crippen LogP contribution in [0, 0.1) is 10.1 Å². The number of carbonyl (C=O) groups is 1.